The molecule has 1 N–H and O–H groups in total. The lowest BCUT2D eigenvalue weighted by Gasteiger charge is -2.19. The molecule has 0 bridgehead atoms. The molecule has 0 saturated carbocycles. The van der Waals surface area contributed by atoms with Crippen LogP contribution in [0.25, 0.3) is 0 Å². The second-order valence-electron chi connectivity index (χ2n) is 4.85. The molecule has 1 nitrogen and oxygen atoms in total. The molecule has 4 heteroatoms. The summed E-state index contributed by atoms with van der Waals surface area (Å²) in [6.07, 6.45) is 0.731. The molecule has 0 aliphatic heterocycles. The van der Waals surface area contributed by atoms with Crippen molar-refractivity contribution >= 4 is 31.9 Å². The minimum atomic E-state index is -0.216. The lowest BCUT2D eigenvalue weighted by atomic mass is 9.98. The number of halogens is 3. The van der Waals surface area contributed by atoms with Crippen LogP contribution in [0.15, 0.2) is 45.3 Å². The SMILES string of the molecule is CNC(Cc1cc(F)cc(Br)c1)c1ccc(C)cc1Br. The molecule has 0 aliphatic carbocycles. The second kappa shape index (κ2) is 6.83. The number of aryl methyl sites for hydroxylation is 1. The van der Waals surface area contributed by atoms with E-state index in [-0.39, 0.29) is 11.9 Å². The summed E-state index contributed by atoms with van der Waals surface area (Å²) < 4.78 is 15.3. The molecule has 106 valence electrons. The Labute approximate surface area is 135 Å². The lowest BCUT2D eigenvalue weighted by molar-refractivity contribution is 0.581. The van der Waals surface area contributed by atoms with Crippen LogP contribution in [-0.4, -0.2) is 7.05 Å². The van der Waals surface area contributed by atoms with Crippen LogP contribution in [0.3, 0.4) is 0 Å². The molecule has 0 amide bonds. The normalized spacial score (nSPS) is 12.4. The smallest absolute Gasteiger partial charge is 0.124 e. The van der Waals surface area contributed by atoms with Crippen LogP contribution in [0.2, 0.25) is 0 Å². The van der Waals surface area contributed by atoms with Crippen LogP contribution >= 0.6 is 31.9 Å². The summed E-state index contributed by atoms with van der Waals surface area (Å²) >= 11 is 6.94. The third kappa shape index (κ3) is 3.90. The third-order valence-corrected chi connectivity index (χ3v) is 4.39. The summed E-state index contributed by atoms with van der Waals surface area (Å²) in [4.78, 5) is 0. The van der Waals surface area contributed by atoms with Gasteiger partial charge in [-0.15, -0.1) is 0 Å². The van der Waals surface area contributed by atoms with Gasteiger partial charge in [-0.2, -0.15) is 0 Å². The molecule has 2 rings (SSSR count). The van der Waals surface area contributed by atoms with Crippen molar-refractivity contribution in [2.45, 2.75) is 19.4 Å². The standard InChI is InChI=1S/C16H16Br2FN/c1-10-3-4-14(15(18)5-10)16(20-2)8-11-6-12(17)9-13(19)7-11/h3-7,9,16,20H,8H2,1-2H3. The number of hydrogen-bond donors (Lipinski definition) is 1. The van der Waals surface area contributed by atoms with Crippen molar-refractivity contribution in [3.8, 4) is 0 Å². The van der Waals surface area contributed by atoms with E-state index in [4.69, 9.17) is 0 Å². The van der Waals surface area contributed by atoms with E-state index >= 15 is 0 Å². The average molecular weight is 401 g/mol. The van der Waals surface area contributed by atoms with Gasteiger partial charge in [-0.25, -0.2) is 4.39 Å². The Morgan fingerprint density at radius 1 is 1.15 bits per heavy atom. The van der Waals surface area contributed by atoms with E-state index < -0.39 is 0 Å². The summed E-state index contributed by atoms with van der Waals surface area (Å²) in [5.74, 6) is -0.216. The zero-order valence-corrected chi connectivity index (χ0v) is 14.6. The molecule has 1 atom stereocenters. The van der Waals surface area contributed by atoms with Crippen LogP contribution in [-0.2, 0) is 6.42 Å². The maximum Gasteiger partial charge on any atom is 0.124 e. The minimum Gasteiger partial charge on any atom is -0.313 e. The predicted octanol–water partition coefficient (Wildman–Crippen LogP) is 5.16. The van der Waals surface area contributed by atoms with Gasteiger partial charge in [-0.05, 0) is 61.3 Å². The third-order valence-electron chi connectivity index (χ3n) is 3.24. The number of rotatable bonds is 4. The Kier molecular flexibility index (Phi) is 5.35. The van der Waals surface area contributed by atoms with Gasteiger partial charge in [0.25, 0.3) is 0 Å². The first-order valence-corrected chi connectivity index (χ1v) is 7.96. The first kappa shape index (κ1) is 15.7. The minimum absolute atomic E-state index is 0.138. The van der Waals surface area contributed by atoms with Gasteiger partial charge in [0.1, 0.15) is 5.82 Å². The molecule has 2 aromatic rings. The van der Waals surface area contributed by atoms with Gasteiger partial charge in [-0.1, -0.05) is 44.0 Å². The van der Waals surface area contributed by atoms with Gasteiger partial charge in [-0.3, -0.25) is 0 Å². The van der Waals surface area contributed by atoms with Crippen molar-refractivity contribution < 1.29 is 4.39 Å². The van der Waals surface area contributed by atoms with Crippen molar-refractivity contribution in [3.63, 3.8) is 0 Å². The molecule has 20 heavy (non-hydrogen) atoms. The van der Waals surface area contributed by atoms with Gasteiger partial charge in [0, 0.05) is 15.0 Å². The number of likely N-dealkylation sites (N-methyl/N-ethyl adjacent to an activating group) is 1. The largest absolute Gasteiger partial charge is 0.313 e. The molecule has 0 radical (unpaired) electrons. The van der Waals surface area contributed by atoms with Crippen molar-refractivity contribution in [1.82, 2.24) is 5.32 Å². The lowest BCUT2D eigenvalue weighted by Crippen LogP contribution is -2.19. The van der Waals surface area contributed by atoms with Crippen molar-refractivity contribution in [2.75, 3.05) is 7.05 Å². The van der Waals surface area contributed by atoms with Gasteiger partial charge in [0.2, 0.25) is 0 Å². The van der Waals surface area contributed by atoms with Gasteiger partial charge in [0.05, 0.1) is 0 Å². The van der Waals surface area contributed by atoms with Crippen LogP contribution in [0.1, 0.15) is 22.7 Å². The van der Waals surface area contributed by atoms with Crippen molar-refractivity contribution in [3.05, 3.63) is 67.9 Å². The number of hydrogen-bond acceptors (Lipinski definition) is 1. The molecule has 0 aliphatic rings. The summed E-state index contributed by atoms with van der Waals surface area (Å²) in [6, 6.07) is 11.4. The monoisotopic (exact) mass is 399 g/mol. The Bertz CT molecular complexity index is 593. The molecular formula is C16H16Br2FN. The molecule has 2 aromatic carbocycles. The Balaban J connectivity index is 2.28. The first-order chi connectivity index (χ1) is 9.49. The topological polar surface area (TPSA) is 12.0 Å². The molecule has 1 unspecified atom stereocenters. The maximum atomic E-state index is 13.5. The van der Waals surface area contributed by atoms with Crippen LogP contribution in [0.5, 0.6) is 0 Å². The highest BCUT2D eigenvalue weighted by Crippen LogP contribution is 2.28. The highest BCUT2D eigenvalue weighted by molar-refractivity contribution is 9.10. The van der Waals surface area contributed by atoms with E-state index in [1.165, 1.54) is 17.2 Å². The van der Waals surface area contributed by atoms with E-state index in [0.29, 0.717) is 0 Å². The first-order valence-electron chi connectivity index (χ1n) is 6.38. The predicted molar refractivity (Wildman–Crippen MR) is 88.5 cm³/mol. The summed E-state index contributed by atoms with van der Waals surface area (Å²) in [5.41, 5.74) is 3.35. The van der Waals surface area contributed by atoms with Crippen LogP contribution in [0.4, 0.5) is 4.39 Å². The van der Waals surface area contributed by atoms with Crippen molar-refractivity contribution in [1.29, 1.82) is 0 Å². The maximum absolute atomic E-state index is 13.5. The highest BCUT2D eigenvalue weighted by atomic mass is 79.9. The average Bonchev–Trinajstić information content (AvgIpc) is 2.35. The molecule has 0 heterocycles. The molecule has 0 fully saturated rings. The Morgan fingerprint density at radius 3 is 2.50 bits per heavy atom. The molecule has 0 spiro atoms. The van der Waals surface area contributed by atoms with Gasteiger partial charge >= 0.3 is 0 Å². The number of benzene rings is 2. The Morgan fingerprint density at radius 2 is 1.90 bits per heavy atom. The van der Waals surface area contributed by atoms with E-state index in [9.17, 15) is 4.39 Å². The van der Waals surface area contributed by atoms with Crippen LogP contribution < -0.4 is 5.32 Å². The van der Waals surface area contributed by atoms with E-state index in [1.807, 2.05) is 13.1 Å². The van der Waals surface area contributed by atoms with E-state index in [0.717, 1.165) is 20.9 Å². The fourth-order valence-corrected chi connectivity index (χ4v) is 3.53. The van der Waals surface area contributed by atoms with Gasteiger partial charge < -0.3 is 5.32 Å². The number of nitrogens with one attached hydrogen (secondary N) is 1. The Hall–Kier alpha value is -0.710. The summed E-state index contributed by atoms with van der Waals surface area (Å²) in [7, 11) is 1.92. The fourth-order valence-electron chi connectivity index (χ4n) is 2.25. The second-order valence-corrected chi connectivity index (χ2v) is 6.62. The molecule has 0 aromatic heterocycles. The van der Waals surface area contributed by atoms with E-state index in [2.05, 4.69) is 62.3 Å². The summed E-state index contributed by atoms with van der Waals surface area (Å²) in [5, 5.41) is 3.30. The van der Waals surface area contributed by atoms with Gasteiger partial charge in [0.15, 0.2) is 0 Å². The molecule has 0 saturated heterocycles. The zero-order chi connectivity index (χ0) is 14.7. The van der Waals surface area contributed by atoms with Crippen LogP contribution in [0, 0.1) is 12.7 Å². The zero-order valence-electron chi connectivity index (χ0n) is 11.4. The van der Waals surface area contributed by atoms with E-state index in [1.54, 1.807) is 6.07 Å². The fraction of sp³-hybridized carbons (Fsp3) is 0.250. The highest BCUT2D eigenvalue weighted by Gasteiger charge is 2.14. The summed E-state index contributed by atoms with van der Waals surface area (Å²) in [6.45, 7) is 2.06. The quantitative estimate of drug-likeness (QED) is 0.747. The van der Waals surface area contributed by atoms with Crippen molar-refractivity contribution in [2.24, 2.45) is 0 Å². The molecular weight excluding hydrogens is 385 g/mol.